The molecule has 4 N–H and O–H groups in total. The molecule has 94 valence electrons. The van der Waals surface area contributed by atoms with E-state index in [4.69, 9.17) is 11.5 Å². The summed E-state index contributed by atoms with van der Waals surface area (Å²) >= 11 is 0. The van der Waals surface area contributed by atoms with Crippen LogP contribution in [0, 0.1) is 6.92 Å². The van der Waals surface area contributed by atoms with Crippen molar-refractivity contribution in [3.8, 4) is 0 Å². The van der Waals surface area contributed by atoms with E-state index in [0.717, 1.165) is 5.56 Å². The highest BCUT2D eigenvalue weighted by molar-refractivity contribution is 6.10. The fourth-order valence-electron chi connectivity index (χ4n) is 1.65. The van der Waals surface area contributed by atoms with Crippen LogP contribution in [-0.4, -0.2) is 26.9 Å². The molecule has 0 amide bonds. The molecule has 0 saturated carbocycles. The third-order valence-electron chi connectivity index (χ3n) is 2.55. The molecule has 0 aromatic carbocycles. The van der Waals surface area contributed by atoms with Crippen LogP contribution < -0.4 is 11.5 Å². The smallest absolute Gasteiger partial charge is 0.216 e. The van der Waals surface area contributed by atoms with E-state index in [1.54, 1.807) is 29.4 Å². The van der Waals surface area contributed by atoms with E-state index in [1.807, 2.05) is 6.92 Å². The summed E-state index contributed by atoms with van der Waals surface area (Å²) in [5.41, 5.74) is 12.8. The molecule has 6 nitrogen and oxygen atoms in total. The number of aromatic nitrogens is 3. The van der Waals surface area contributed by atoms with Gasteiger partial charge in [-0.15, -0.1) is 0 Å². The molecule has 2 aromatic heterocycles. The molecule has 0 atom stereocenters. The van der Waals surface area contributed by atoms with Crippen LogP contribution in [0.2, 0.25) is 0 Å². The minimum atomic E-state index is -0.223. The molecule has 2 rings (SSSR count). The van der Waals surface area contributed by atoms with Crippen molar-refractivity contribution in [2.24, 2.45) is 5.73 Å². The largest absolute Gasteiger partial charge is 0.383 e. The van der Waals surface area contributed by atoms with Crippen molar-refractivity contribution in [2.45, 2.75) is 13.5 Å². The quantitative estimate of drug-likeness (QED) is 0.757. The molecule has 0 radical (unpaired) electrons. The van der Waals surface area contributed by atoms with Gasteiger partial charge in [-0.1, -0.05) is 0 Å². The SMILES string of the molecule is Cc1cnc(N)c(C(=O)c2cn(CCN)cn2)c1. The number of carbonyl (C=O) groups excluding carboxylic acids is 1. The molecule has 2 heterocycles. The van der Waals surface area contributed by atoms with Gasteiger partial charge in [0.2, 0.25) is 5.78 Å². The number of pyridine rings is 1. The van der Waals surface area contributed by atoms with Gasteiger partial charge >= 0.3 is 0 Å². The molecule has 0 bridgehead atoms. The Morgan fingerprint density at radius 3 is 2.94 bits per heavy atom. The van der Waals surface area contributed by atoms with Crippen LogP contribution in [-0.2, 0) is 6.54 Å². The number of hydrogen-bond acceptors (Lipinski definition) is 5. The Morgan fingerprint density at radius 1 is 1.44 bits per heavy atom. The second-order valence-electron chi connectivity index (χ2n) is 4.06. The van der Waals surface area contributed by atoms with Gasteiger partial charge in [-0.3, -0.25) is 4.79 Å². The first-order chi connectivity index (χ1) is 8.61. The average molecular weight is 245 g/mol. The predicted octanol–water partition coefficient (Wildman–Crippen LogP) is 0.358. The minimum absolute atomic E-state index is 0.221. The lowest BCUT2D eigenvalue weighted by Crippen LogP contribution is -2.09. The number of nitrogens with two attached hydrogens (primary N) is 2. The maximum absolute atomic E-state index is 12.2. The van der Waals surface area contributed by atoms with Crippen LogP contribution in [0.15, 0.2) is 24.8 Å². The molecule has 0 aliphatic rings. The molecule has 6 heteroatoms. The molecular formula is C12H15N5O. The van der Waals surface area contributed by atoms with E-state index < -0.39 is 0 Å². The fourth-order valence-corrected chi connectivity index (χ4v) is 1.65. The molecular weight excluding hydrogens is 230 g/mol. The number of anilines is 1. The van der Waals surface area contributed by atoms with Crippen molar-refractivity contribution >= 4 is 11.6 Å². The Bertz CT molecular complexity index is 576. The number of aryl methyl sites for hydroxylation is 1. The monoisotopic (exact) mass is 245 g/mol. The standard InChI is InChI=1S/C12H15N5O/c1-8-4-9(12(14)15-5-8)11(18)10-6-17(3-2-13)7-16-10/h4-7H,2-3,13H2,1H3,(H2,14,15). The zero-order chi connectivity index (χ0) is 13.1. The maximum Gasteiger partial charge on any atom is 0.216 e. The van der Waals surface area contributed by atoms with Gasteiger partial charge in [0.1, 0.15) is 11.5 Å². The van der Waals surface area contributed by atoms with Gasteiger partial charge in [0, 0.05) is 25.5 Å². The molecule has 0 saturated heterocycles. The van der Waals surface area contributed by atoms with Crippen molar-refractivity contribution in [1.82, 2.24) is 14.5 Å². The number of ketones is 1. The van der Waals surface area contributed by atoms with E-state index in [9.17, 15) is 4.79 Å². The van der Waals surface area contributed by atoms with E-state index >= 15 is 0 Å². The second-order valence-corrected chi connectivity index (χ2v) is 4.06. The van der Waals surface area contributed by atoms with Gasteiger partial charge in [-0.2, -0.15) is 0 Å². The minimum Gasteiger partial charge on any atom is -0.383 e. The molecule has 0 aliphatic heterocycles. The molecule has 0 spiro atoms. The predicted molar refractivity (Wildman–Crippen MR) is 68.1 cm³/mol. The Morgan fingerprint density at radius 2 is 2.22 bits per heavy atom. The van der Waals surface area contributed by atoms with Crippen molar-refractivity contribution in [1.29, 1.82) is 0 Å². The lowest BCUT2D eigenvalue weighted by atomic mass is 10.1. The first kappa shape index (κ1) is 12.3. The number of rotatable bonds is 4. The van der Waals surface area contributed by atoms with Gasteiger partial charge in [0.15, 0.2) is 0 Å². The molecule has 18 heavy (non-hydrogen) atoms. The molecule has 0 unspecified atom stereocenters. The third kappa shape index (κ3) is 2.38. The zero-order valence-electron chi connectivity index (χ0n) is 10.1. The lowest BCUT2D eigenvalue weighted by molar-refractivity contribution is 0.103. The fraction of sp³-hybridized carbons (Fsp3) is 0.250. The highest BCUT2D eigenvalue weighted by Gasteiger charge is 2.16. The highest BCUT2D eigenvalue weighted by Crippen LogP contribution is 2.14. The van der Waals surface area contributed by atoms with Crippen LogP contribution in [0.4, 0.5) is 5.82 Å². The number of nitrogen functional groups attached to an aromatic ring is 1. The van der Waals surface area contributed by atoms with E-state index in [-0.39, 0.29) is 11.6 Å². The van der Waals surface area contributed by atoms with Crippen LogP contribution in [0.5, 0.6) is 0 Å². The summed E-state index contributed by atoms with van der Waals surface area (Å²) in [7, 11) is 0. The van der Waals surface area contributed by atoms with Gasteiger partial charge < -0.3 is 16.0 Å². The van der Waals surface area contributed by atoms with Crippen LogP contribution in [0.3, 0.4) is 0 Å². The Balaban J connectivity index is 2.32. The molecule has 2 aromatic rings. The topological polar surface area (TPSA) is 99.8 Å². The van der Waals surface area contributed by atoms with E-state index in [0.29, 0.717) is 24.3 Å². The molecule has 0 fully saturated rings. The van der Waals surface area contributed by atoms with Crippen molar-refractivity contribution < 1.29 is 4.79 Å². The average Bonchev–Trinajstić information content (AvgIpc) is 2.80. The van der Waals surface area contributed by atoms with Gasteiger partial charge in [0.05, 0.1) is 11.9 Å². The summed E-state index contributed by atoms with van der Waals surface area (Å²) in [5.74, 6) is -0.00144. The highest BCUT2D eigenvalue weighted by atomic mass is 16.1. The van der Waals surface area contributed by atoms with Gasteiger partial charge in [0.25, 0.3) is 0 Å². The number of nitrogens with zero attached hydrogens (tertiary/aromatic N) is 3. The van der Waals surface area contributed by atoms with Crippen molar-refractivity contribution in [2.75, 3.05) is 12.3 Å². The summed E-state index contributed by atoms with van der Waals surface area (Å²) < 4.78 is 1.77. The first-order valence-corrected chi connectivity index (χ1v) is 5.60. The van der Waals surface area contributed by atoms with E-state index in [1.165, 1.54) is 0 Å². The van der Waals surface area contributed by atoms with E-state index in [2.05, 4.69) is 9.97 Å². The van der Waals surface area contributed by atoms with Gasteiger partial charge in [-0.05, 0) is 18.6 Å². The number of hydrogen-bond donors (Lipinski definition) is 2. The second kappa shape index (κ2) is 4.97. The van der Waals surface area contributed by atoms with Crippen molar-refractivity contribution in [3.63, 3.8) is 0 Å². The summed E-state index contributed by atoms with van der Waals surface area (Å²) in [6.45, 7) is 2.98. The third-order valence-corrected chi connectivity index (χ3v) is 2.55. The Labute approximate surface area is 105 Å². The first-order valence-electron chi connectivity index (χ1n) is 5.60. The summed E-state index contributed by atoms with van der Waals surface area (Å²) in [4.78, 5) is 20.2. The summed E-state index contributed by atoms with van der Waals surface area (Å²) in [6, 6.07) is 1.71. The summed E-state index contributed by atoms with van der Waals surface area (Å²) in [6.07, 6.45) is 4.87. The van der Waals surface area contributed by atoms with Crippen LogP contribution in [0.25, 0.3) is 0 Å². The Hall–Kier alpha value is -2.21. The Kier molecular flexibility index (Phi) is 3.38. The van der Waals surface area contributed by atoms with Crippen LogP contribution >= 0.6 is 0 Å². The summed E-state index contributed by atoms with van der Waals surface area (Å²) in [5, 5.41) is 0. The zero-order valence-corrected chi connectivity index (χ0v) is 10.1. The normalized spacial score (nSPS) is 10.6. The van der Waals surface area contributed by atoms with Gasteiger partial charge in [-0.25, -0.2) is 9.97 Å². The van der Waals surface area contributed by atoms with Crippen molar-refractivity contribution in [3.05, 3.63) is 41.6 Å². The maximum atomic E-state index is 12.2. The number of imidazole rings is 1. The number of carbonyl (C=O) groups is 1. The molecule has 0 aliphatic carbocycles. The lowest BCUT2D eigenvalue weighted by Gasteiger charge is -2.03. The van der Waals surface area contributed by atoms with Crippen LogP contribution in [0.1, 0.15) is 21.6 Å².